The van der Waals surface area contributed by atoms with Crippen LogP contribution in [0.5, 0.6) is 11.5 Å². The van der Waals surface area contributed by atoms with Crippen molar-refractivity contribution in [1.29, 1.82) is 0 Å². The van der Waals surface area contributed by atoms with Crippen LogP contribution >= 0.6 is 11.6 Å². The van der Waals surface area contributed by atoms with E-state index in [1.165, 1.54) is 0 Å². The molecule has 6 heteroatoms. The van der Waals surface area contributed by atoms with E-state index in [1.54, 1.807) is 7.11 Å². The van der Waals surface area contributed by atoms with E-state index in [-0.39, 0.29) is 23.4 Å². The first-order valence-corrected chi connectivity index (χ1v) is 10.3. The van der Waals surface area contributed by atoms with Gasteiger partial charge >= 0.3 is 0 Å². The first-order valence-electron chi connectivity index (χ1n) is 9.91. The zero-order chi connectivity index (χ0) is 19.8. The lowest BCUT2D eigenvalue weighted by atomic mass is 9.67. The van der Waals surface area contributed by atoms with Crippen LogP contribution in [0, 0.1) is 5.92 Å². The minimum atomic E-state index is -0.381. The predicted octanol–water partition coefficient (Wildman–Crippen LogP) is 4.66. The average Bonchev–Trinajstić information content (AvgIpc) is 2.68. The van der Waals surface area contributed by atoms with E-state index in [4.69, 9.17) is 26.1 Å². The van der Waals surface area contributed by atoms with Crippen molar-refractivity contribution >= 4 is 28.9 Å². The highest BCUT2D eigenvalue weighted by Crippen LogP contribution is 2.48. The Morgan fingerprint density at radius 1 is 1.11 bits per heavy atom. The molecule has 1 saturated carbocycles. The van der Waals surface area contributed by atoms with Gasteiger partial charge in [0.15, 0.2) is 17.3 Å². The number of carbonyl (C=O) groups is 2. The molecule has 0 saturated heterocycles. The Bertz CT molecular complexity index is 902. The molecular formula is C22H24ClNO4. The Morgan fingerprint density at radius 3 is 2.64 bits per heavy atom. The normalized spacial score (nSPS) is 24.5. The molecule has 0 bridgehead atoms. The Labute approximate surface area is 169 Å². The quantitative estimate of drug-likeness (QED) is 0.735. The van der Waals surface area contributed by atoms with E-state index >= 15 is 0 Å². The molecule has 0 amide bonds. The summed E-state index contributed by atoms with van der Waals surface area (Å²) in [5.41, 5.74) is 3.28. The number of methoxy groups -OCH3 is 1. The van der Waals surface area contributed by atoms with Gasteiger partial charge in [-0.3, -0.25) is 14.6 Å². The van der Waals surface area contributed by atoms with Gasteiger partial charge in [-0.25, -0.2) is 0 Å². The summed E-state index contributed by atoms with van der Waals surface area (Å²) in [4.78, 5) is 30.6. The van der Waals surface area contributed by atoms with Gasteiger partial charge in [0.05, 0.1) is 24.7 Å². The highest BCUT2D eigenvalue weighted by atomic mass is 35.5. The SMILES string of the molecule is CCOc1c(Cl)cc([C@H]2C3=C(CCCC3=O)N=C3CCCC(=O)C32)cc1OC. The Kier molecular flexibility index (Phi) is 5.28. The van der Waals surface area contributed by atoms with Crippen molar-refractivity contribution in [2.45, 2.75) is 51.4 Å². The van der Waals surface area contributed by atoms with E-state index < -0.39 is 0 Å². The Balaban J connectivity index is 1.89. The number of rotatable bonds is 4. The third kappa shape index (κ3) is 3.16. The van der Waals surface area contributed by atoms with Gasteiger partial charge in [-0.1, -0.05) is 11.6 Å². The number of ketones is 2. The highest BCUT2D eigenvalue weighted by molar-refractivity contribution is 6.32. The van der Waals surface area contributed by atoms with Gasteiger partial charge in [-0.2, -0.15) is 0 Å². The number of ether oxygens (including phenoxy) is 2. The van der Waals surface area contributed by atoms with E-state index in [0.717, 1.165) is 42.7 Å². The largest absolute Gasteiger partial charge is 0.493 e. The van der Waals surface area contributed by atoms with Crippen molar-refractivity contribution in [2.24, 2.45) is 10.9 Å². The first kappa shape index (κ1) is 19.2. The van der Waals surface area contributed by atoms with Crippen LogP contribution in [-0.2, 0) is 9.59 Å². The fraction of sp³-hybridized carbons (Fsp3) is 0.500. The second-order valence-electron chi connectivity index (χ2n) is 7.48. The number of nitrogens with zero attached hydrogens (tertiary/aromatic N) is 1. The number of fused-ring (bicyclic) bond motifs is 1. The van der Waals surface area contributed by atoms with Gasteiger partial charge in [-0.05, 0) is 50.3 Å². The minimum Gasteiger partial charge on any atom is -0.493 e. The molecule has 4 rings (SSSR count). The van der Waals surface area contributed by atoms with E-state index in [9.17, 15) is 9.59 Å². The molecule has 5 nitrogen and oxygen atoms in total. The summed E-state index contributed by atoms with van der Waals surface area (Å²) in [6.45, 7) is 2.34. The van der Waals surface area contributed by atoms with Gasteiger partial charge < -0.3 is 9.47 Å². The summed E-state index contributed by atoms with van der Waals surface area (Å²) in [6, 6.07) is 3.68. The van der Waals surface area contributed by atoms with Crippen molar-refractivity contribution in [3.05, 3.63) is 34.0 Å². The average molecular weight is 402 g/mol. The predicted molar refractivity (Wildman–Crippen MR) is 108 cm³/mol. The van der Waals surface area contributed by atoms with E-state index in [2.05, 4.69) is 0 Å². The Morgan fingerprint density at radius 2 is 1.89 bits per heavy atom. The van der Waals surface area contributed by atoms with Crippen molar-refractivity contribution < 1.29 is 19.1 Å². The molecule has 0 aromatic heterocycles. The number of hydrogen-bond donors (Lipinski definition) is 0. The van der Waals surface area contributed by atoms with Crippen LogP contribution in [0.1, 0.15) is 56.9 Å². The van der Waals surface area contributed by atoms with Crippen LogP contribution < -0.4 is 9.47 Å². The van der Waals surface area contributed by atoms with Crippen molar-refractivity contribution in [2.75, 3.05) is 13.7 Å². The molecule has 0 spiro atoms. The zero-order valence-electron chi connectivity index (χ0n) is 16.2. The number of aliphatic imine (C=N–C) groups is 1. The van der Waals surface area contributed by atoms with Gasteiger partial charge in [0.25, 0.3) is 0 Å². The summed E-state index contributed by atoms with van der Waals surface area (Å²) < 4.78 is 11.1. The second kappa shape index (κ2) is 7.70. The molecule has 1 heterocycles. The lowest BCUT2D eigenvalue weighted by molar-refractivity contribution is -0.122. The van der Waals surface area contributed by atoms with Gasteiger partial charge in [0.1, 0.15) is 5.78 Å². The monoisotopic (exact) mass is 401 g/mol. The number of allylic oxidation sites excluding steroid dienone is 2. The van der Waals surface area contributed by atoms with Crippen LogP contribution in [0.4, 0.5) is 0 Å². The summed E-state index contributed by atoms with van der Waals surface area (Å²) >= 11 is 6.51. The molecule has 1 aromatic rings. The van der Waals surface area contributed by atoms with Crippen molar-refractivity contribution in [1.82, 2.24) is 0 Å². The van der Waals surface area contributed by atoms with Crippen LogP contribution in [0.15, 0.2) is 28.4 Å². The molecule has 3 aliphatic rings. The third-order valence-corrected chi connectivity index (χ3v) is 6.09. The molecule has 2 aliphatic carbocycles. The number of halogens is 1. The lowest BCUT2D eigenvalue weighted by Crippen LogP contribution is -2.39. The Hall–Kier alpha value is -2.14. The fourth-order valence-corrected chi connectivity index (χ4v) is 4.94. The molecule has 28 heavy (non-hydrogen) atoms. The maximum absolute atomic E-state index is 12.9. The molecule has 2 atom stereocenters. The van der Waals surface area contributed by atoms with E-state index in [1.807, 2.05) is 19.1 Å². The number of benzene rings is 1. The van der Waals surface area contributed by atoms with Crippen LogP contribution in [0.2, 0.25) is 5.02 Å². The van der Waals surface area contributed by atoms with E-state index in [0.29, 0.717) is 41.5 Å². The number of Topliss-reactive ketones (excluding diaryl/α,β-unsaturated/α-hetero) is 2. The molecule has 1 unspecified atom stereocenters. The standard InChI is InChI=1S/C22H24ClNO4/c1-3-28-22-13(23)10-12(11-18(22)27-2)19-20-14(6-4-8-16(20)25)24-15-7-5-9-17(26)21(15)19/h10-11,19-20H,3-9H2,1-2H3/t19-,20?/m1/s1. The maximum Gasteiger partial charge on any atom is 0.179 e. The van der Waals surface area contributed by atoms with Crippen molar-refractivity contribution in [3.8, 4) is 11.5 Å². The molecule has 1 aliphatic heterocycles. The lowest BCUT2D eigenvalue weighted by Gasteiger charge is -2.38. The number of hydrogen-bond acceptors (Lipinski definition) is 5. The fourth-order valence-electron chi connectivity index (χ4n) is 4.66. The zero-order valence-corrected chi connectivity index (χ0v) is 17.0. The second-order valence-corrected chi connectivity index (χ2v) is 7.89. The van der Waals surface area contributed by atoms with Crippen LogP contribution in [0.3, 0.4) is 0 Å². The number of carbonyl (C=O) groups excluding carboxylic acids is 2. The molecule has 1 fully saturated rings. The summed E-state index contributed by atoms with van der Waals surface area (Å²) in [5, 5.41) is 0.425. The smallest absolute Gasteiger partial charge is 0.179 e. The van der Waals surface area contributed by atoms with Crippen LogP contribution in [-0.4, -0.2) is 31.0 Å². The van der Waals surface area contributed by atoms with Gasteiger partial charge in [0, 0.05) is 35.7 Å². The maximum atomic E-state index is 12.9. The molecule has 0 N–H and O–H groups in total. The minimum absolute atomic E-state index is 0.0939. The molecule has 1 aromatic carbocycles. The summed E-state index contributed by atoms with van der Waals surface area (Å²) in [5.74, 6) is 0.528. The molecule has 0 radical (unpaired) electrons. The molecule has 148 valence electrons. The van der Waals surface area contributed by atoms with Gasteiger partial charge in [-0.15, -0.1) is 0 Å². The van der Waals surface area contributed by atoms with Crippen LogP contribution in [0.25, 0.3) is 0 Å². The van der Waals surface area contributed by atoms with Crippen molar-refractivity contribution in [3.63, 3.8) is 0 Å². The summed E-state index contributed by atoms with van der Waals surface area (Å²) in [6.07, 6.45) is 4.25. The van der Waals surface area contributed by atoms with Gasteiger partial charge in [0.2, 0.25) is 0 Å². The third-order valence-electron chi connectivity index (χ3n) is 5.81. The summed E-state index contributed by atoms with van der Waals surface area (Å²) in [7, 11) is 1.56. The topological polar surface area (TPSA) is 65.0 Å². The molecular weight excluding hydrogens is 378 g/mol. The first-order chi connectivity index (χ1) is 13.5. The highest BCUT2D eigenvalue weighted by Gasteiger charge is 2.44.